The molecule has 0 saturated heterocycles. The number of unbranched alkanes of at least 4 members (excludes halogenated alkanes) is 1. The molecule has 2 aromatic rings. The van der Waals surface area contributed by atoms with Crippen LogP contribution in [0.2, 0.25) is 5.02 Å². The Labute approximate surface area is 201 Å². The molecular formula is C24H32ClN3O4S. The van der Waals surface area contributed by atoms with Gasteiger partial charge in [-0.05, 0) is 43.5 Å². The second-order valence-corrected chi connectivity index (χ2v) is 10.2. The van der Waals surface area contributed by atoms with Crippen LogP contribution >= 0.6 is 11.6 Å². The van der Waals surface area contributed by atoms with Gasteiger partial charge in [0.05, 0.1) is 11.9 Å². The monoisotopic (exact) mass is 493 g/mol. The molecule has 2 rings (SSSR count). The molecule has 0 aromatic heterocycles. The van der Waals surface area contributed by atoms with Crippen molar-refractivity contribution in [2.24, 2.45) is 0 Å². The lowest BCUT2D eigenvalue weighted by molar-refractivity contribution is -0.138. The fourth-order valence-electron chi connectivity index (χ4n) is 3.35. The number of anilines is 1. The molecule has 7 nitrogen and oxygen atoms in total. The van der Waals surface area contributed by atoms with Crippen LogP contribution < -0.4 is 9.62 Å². The Bertz CT molecular complexity index is 1030. The number of nitrogens with zero attached hydrogens (tertiary/aromatic N) is 2. The molecule has 0 radical (unpaired) electrons. The second-order valence-electron chi connectivity index (χ2n) is 7.89. The van der Waals surface area contributed by atoms with E-state index in [4.69, 9.17) is 11.6 Å². The molecule has 0 aliphatic carbocycles. The third-order valence-electron chi connectivity index (χ3n) is 5.26. The Morgan fingerprint density at radius 2 is 1.79 bits per heavy atom. The van der Waals surface area contributed by atoms with E-state index < -0.39 is 28.5 Å². The molecule has 33 heavy (non-hydrogen) atoms. The molecule has 1 unspecified atom stereocenters. The van der Waals surface area contributed by atoms with Gasteiger partial charge in [-0.15, -0.1) is 0 Å². The maximum absolute atomic E-state index is 13.4. The maximum atomic E-state index is 13.4. The zero-order valence-electron chi connectivity index (χ0n) is 19.3. The number of carbonyl (C=O) groups is 2. The van der Waals surface area contributed by atoms with E-state index >= 15 is 0 Å². The molecule has 0 spiro atoms. The summed E-state index contributed by atoms with van der Waals surface area (Å²) in [4.78, 5) is 27.5. The number of hydrogen-bond donors (Lipinski definition) is 1. The summed E-state index contributed by atoms with van der Waals surface area (Å²) in [5.74, 6) is -0.729. The third kappa shape index (κ3) is 8.37. The highest BCUT2D eigenvalue weighted by Crippen LogP contribution is 2.22. The molecule has 0 saturated carbocycles. The van der Waals surface area contributed by atoms with Crippen LogP contribution in [0.1, 0.15) is 32.3 Å². The van der Waals surface area contributed by atoms with Gasteiger partial charge in [0.25, 0.3) is 0 Å². The lowest BCUT2D eigenvalue weighted by Gasteiger charge is -2.31. The number of halogens is 1. The van der Waals surface area contributed by atoms with Gasteiger partial charge >= 0.3 is 0 Å². The van der Waals surface area contributed by atoms with E-state index in [0.29, 0.717) is 23.7 Å². The van der Waals surface area contributed by atoms with Crippen molar-refractivity contribution in [2.75, 3.05) is 30.2 Å². The van der Waals surface area contributed by atoms with Gasteiger partial charge < -0.3 is 10.2 Å². The molecule has 9 heteroatoms. The summed E-state index contributed by atoms with van der Waals surface area (Å²) in [6.45, 7) is 4.06. The average molecular weight is 494 g/mol. The molecule has 1 N–H and O–H groups in total. The summed E-state index contributed by atoms with van der Waals surface area (Å²) in [5, 5.41) is 3.22. The fraction of sp³-hybridized carbons (Fsp3) is 0.417. The van der Waals surface area contributed by atoms with Gasteiger partial charge in [0.1, 0.15) is 12.6 Å². The highest BCUT2D eigenvalue weighted by atomic mass is 35.5. The van der Waals surface area contributed by atoms with Crippen molar-refractivity contribution in [3.63, 3.8) is 0 Å². The van der Waals surface area contributed by atoms with Crippen molar-refractivity contribution in [1.82, 2.24) is 10.2 Å². The van der Waals surface area contributed by atoms with E-state index in [9.17, 15) is 18.0 Å². The molecule has 0 aliphatic rings. The van der Waals surface area contributed by atoms with Crippen molar-refractivity contribution in [3.05, 3.63) is 65.2 Å². The maximum Gasteiger partial charge on any atom is 0.244 e. The Morgan fingerprint density at radius 3 is 2.39 bits per heavy atom. The molecule has 2 aromatic carbocycles. The van der Waals surface area contributed by atoms with Gasteiger partial charge in [-0.25, -0.2) is 8.42 Å². The van der Waals surface area contributed by atoms with Crippen LogP contribution in [-0.2, 0) is 26.0 Å². The third-order valence-corrected chi connectivity index (χ3v) is 6.63. The Kier molecular flexibility index (Phi) is 10.2. The minimum atomic E-state index is -3.77. The first-order valence-electron chi connectivity index (χ1n) is 11.0. The standard InChI is InChI=1S/C24H32ClN3O4S/c1-4-5-15-26-24(30)19(2)27(16-14-20-10-7-6-8-11-20)23(29)18-28(33(3,31)32)22-13-9-12-21(25)17-22/h6-13,17,19H,4-5,14-16,18H2,1-3H3,(H,26,30). The number of amides is 2. The normalized spacial score (nSPS) is 12.1. The number of carbonyl (C=O) groups excluding carboxylic acids is 2. The second kappa shape index (κ2) is 12.6. The van der Waals surface area contributed by atoms with Crippen LogP contribution in [0.3, 0.4) is 0 Å². The first-order valence-corrected chi connectivity index (χ1v) is 13.2. The summed E-state index contributed by atoms with van der Waals surface area (Å²) in [6.07, 6.45) is 3.35. The largest absolute Gasteiger partial charge is 0.354 e. The lowest BCUT2D eigenvalue weighted by atomic mass is 10.1. The van der Waals surface area contributed by atoms with E-state index in [1.807, 2.05) is 37.3 Å². The Hall–Kier alpha value is -2.58. The fourth-order valence-corrected chi connectivity index (χ4v) is 4.38. The van der Waals surface area contributed by atoms with E-state index in [1.165, 1.54) is 11.0 Å². The van der Waals surface area contributed by atoms with E-state index in [-0.39, 0.29) is 12.5 Å². The number of benzene rings is 2. The van der Waals surface area contributed by atoms with Crippen molar-refractivity contribution in [1.29, 1.82) is 0 Å². The average Bonchev–Trinajstić information content (AvgIpc) is 2.77. The number of nitrogens with one attached hydrogen (secondary N) is 1. The van der Waals surface area contributed by atoms with Crippen molar-refractivity contribution in [2.45, 2.75) is 39.2 Å². The summed E-state index contributed by atoms with van der Waals surface area (Å²) < 4.78 is 26.0. The van der Waals surface area contributed by atoms with Gasteiger partial charge in [-0.2, -0.15) is 0 Å². The van der Waals surface area contributed by atoms with Crippen LogP contribution in [0.25, 0.3) is 0 Å². The van der Waals surface area contributed by atoms with Crippen LogP contribution in [0, 0.1) is 0 Å². The Balaban J connectivity index is 2.26. The minimum Gasteiger partial charge on any atom is -0.354 e. The van der Waals surface area contributed by atoms with Crippen LogP contribution in [-0.4, -0.2) is 57.1 Å². The predicted molar refractivity (Wildman–Crippen MR) is 133 cm³/mol. The molecule has 180 valence electrons. The van der Waals surface area contributed by atoms with E-state index in [2.05, 4.69) is 5.32 Å². The highest BCUT2D eigenvalue weighted by molar-refractivity contribution is 7.92. The molecule has 0 aliphatic heterocycles. The number of sulfonamides is 1. The SMILES string of the molecule is CCCCNC(=O)C(C)N(CCc1ccccc1)C(=O)CN(c1cccc(Cl)c1)S(C)(=O)=O. The van der Waals surface area contributed by atoms with Crippen molar-refractivity contribution in [3.8, 4) is 0 Å². The van der Waals surface area contributed by atoms with E-state index in [0.717, 1.165) is 29.0 Å². The first kappa shape index (κ1) is 26.7. The Morgan fingerprint density at radius 1 is 1.09 bits per heavy atom. The van der Waals surface area contributed by atoms with Gasteiger partial charge in [0.2, 0.25) is 21.8 Å². The van der Waals surface area contributed by atoms with Gasteiger partial charge in [0.15, 0.2) is 0 Å². The molecular weight excluding hydrogens is 462 g/mol. The quantitative estimate of drug-likeness (QED) is 0.458. The molecule has 0 bridgehead atoms. The number of hydrogen-bond acceptors (Lipinski definition) is 4. The zero-order chi connectivity index (χ0) is 24.4. The molecule has 1 atom stereocenters. The summed E-state index contributed by atoms with van der Waals surface area (Å²) in [5.41, 5.74) is 1.31. The minimum absolute atomic E-state index is 0.265. The molecule has 0 heterocycles. The van der Waals surface area contributed by atoms with Crippen molar-refractivity contribution >= 4 is 39.1 Å². The summed E-state index contributed by atoms with van der Waals surface area (Å²) in [7, 11) is -3.77. The van der Waals surface area contributed by atoms with Gasteiger partial charge in [-0.1, -0.05) is 61.3 Å². The topological polar surface area (TPSA) is 86.8 Å². The van der Waals surface area contributed by atoms with Gasteiger partial charge in [-0.3, -0.25) is 13.9 Å². The lowest BCUT2D eigenvalue weighted by Crippen LogP contribution is -2.52. The molecule has 0 fully saturated rings. The summed E-state index contributed by atoms with van der Waals surface area (Å²) >= 11 is 6.04. The first-order chi connectivity index (χ1) is 15.6. The van der Waals surface area contributed by atoms with Crippen LogP contribution in [0.5, 0.6) is 0 Å². The zero-order valence-corrected chi connectivity index (χ0v) is 20.9. The highest BCUT2D eigenvalue weighted by Gasteiger charge is 2.29. The van der Waals surface area contributed by atoms with Crippen molar-refractivity contribution < 1.29 is 18.0 Å². The van der Waals surface area contributed by atoms with Crippen LogP contribution in [0.4, 0.5) is 5.69 Å². The smallest absolute Gasteiger partial charge is 0.244 e. The number of rotatable bonds is 12. The van der Waals surface area contributed by atoms with Crippen LogP contribution in [0.15, 0.2) is 54.6 Å². The molecule has 2 amide bonds. The summed E-state index contributed by atoms with van der Waals surface area (Å²) in [6, 6.07) is 15.2. The van der Waals surface area contributed by atoms with E-state index in [1.54, 1.807) is 25.1 Å². The van der Waals surface area contributed by atoms with Gasteiger partial charge in [0, 0.05) is 18.1 Å². The predicted octanol–water partition coefficient (Wildman–Crippen LogP) is 3.48.